The van der Waals surface area contributed by atoms with E-state index in [1.807, 2.05) is 41.3 Å². The summed E-state index contributed by atoms with van der Waals surface area (Å²) in [6.07, 6.45) is 0. The van der Waals surface area contributed by atoms with Crippen molar-refractivity contribution in [1.29, 1.82) is 0 Å². The molecule has 8 heteroatoms. The number of aliphatic imine (C=N–C) groups is 1. The number of rotatable bonds is 6. The topological polar surface area (TPSA) is 66.4 Å². The fourth-order valence-corrected chi connectivity index (χ4v) is 3.92. The van der Waals surface area contributed by atoms with E-state index < -0.39 is 0 Å². The molecule has 3 aromatic rings. The van der Waals surface area contributed by atoms with Gasteiger partial charge in [-0.25, -0.2) is 9.38 Å². The van der Waals surface area contributed by atoms with Crippen LogP contribution in [0.3, 0.4) is 0 Å². The molecule has 0 aliphatic carbocycles. The zero-order valence-corrected chi connectivity index (χ0v) is 19.9. The number of piperazine rings is 1. The van der Waals surface area contributed by atoms with Crippen LogP contribution in [0.15, 0.2) is 77.8 Å². The third kappa shape index (κ3) is 6.16. The molecule has 1 N–H and O–H groups in total. The molecule has 7 nitrogen and oxygen atoms in total. The highest BCUT2D eigenvalue weighted by Gasteiger charge is 2.23. The van der Waals surface area contributed by atoms with Crippen LogP contribution in [0, 0.1) is 5.82 Å². The fourth-order valence-electron chi connectivity index (χ4n) is 3.92. The van der Waals surface area contributed by atoms with Crippen LogP contribution in [0.4, 0.5) is 10.1 Å². The van der Waals surface area contributed by atoms with Crippen molar-refractivity contribution in [3.63, 3.8) is 0 Å². The second-order valence-electron chi connectivity index (χ2n) is 8.14. The summed E-state index contributed by atoms with van der Waals surface area (Å²) in [5, 5.41) is 2.98. The minimum Gasteiger partial charge on any atom is -0.497 e. The Balaban J connectivity index is 1.52. The average molecular weight is 477 g/mol. The van der Waals surface area contributed by atoms with Crippen LogP contribution in [0.2, 0.25) is 0 Å². The first-order valence-corrected chi connectivity index (χ1v) is 11.4. The molecule has 35 heavy (non-hydrogen) atoms. The maximum atomic E-state index is 14.1. The number of methoxy groups -OCH3 is 2. The van der Waals surface area contributed by atoms with Crippen LogP contribution >= 0.6 is 0 Å². The third-order valence-corrected chi connectivity index (χ3v) is 5.91. The number of carbonyl (C=O) groups is 1. The van der Waals surface area contributed by atoms with Crippen molar-refractivity contribution in [2.75, 3.05) is 40.4 Å². The lowest BCUT2D eigenvalue weighted by molar-refractivity contribution is 0.0967. The number of para-hydroxylation sites is 2. The van der Waals surface area contributed by atoms with Gasteiger partial charge in [0.15, 0.2) is 0 Å². The Morgan fingerprint density at radius 2 is 1.60 bits per heavy atom. The molecule has 0 aromatic heterocycles. The number of amides is 1. The summed E-state index contributed by atoms with van der Waals surface area (Å²) in [5.41, 5.74) is 1.79. The second-order valence-corrected chi connectivity index (χ2v) is 8.14. The van der Waals surface area contributed by atoms with Gasteiger partial charge in [-0.3, -0.25) is 15.0 Å². The van der Waals surface area contributed by atoms with Gasteiger partial charge in [0, 0.05) is 43.9 Å². The quantitative estimate of drug-likeness (QED) is 0.429. The maximum absolute atomic E-state index is 14.1. The first kappa shape index (κ1) is 24.2. The lowest BCUT2D eigenvalue weighted by atomic mass is 10.2. The molecule has 0 bridgehead atoms. The number of benzene rings is 3. The van der Waals surface area contributed by atoms with Crippen LogP contribution in [-0.4, -0.2) is 62.1 Å². The van der Waals surface area contributed by atoms with Crippen LogP contribution < -0.4 is 14.8 Å². The molecule has 1 aliphatic heterocycles. The van der Waals surface area contributed by atoms with Gasteiger partial charge in [-0.2, -0.15) is 0 Å². The summed E-state index contributed by atoms with van der Waals surface area (Å²) in [6.45, 7) is 3.21. The van der Waals surface area contributed by atoms with Crippen molar-refractivity contribution >= 4 is 17.6 Å². The van der Waals surface area contributed by atoms with Gasteiger partial charge in [0.05, 0.1) is 14.2 Å². The maximum Gasteiger partial charge on any atom is 0.257 e. The van der Waals surface area contributed by atoms with Crippen LogP contribution in [0.25, 0.3) is 0 Å². The van der Waals surface area contributed by atoms with Crippen LogP contribution in [-0.2, 0) is 6.54 Å². The smallest absolute Gasteiger partial charge is 0.257 e. The lowest BCUT2D eigenvalue weighted by Gasteiger charge is -2.36. The van der Waals surface area contributed by atoms with Gasteiger partial charge in [0.1, 0.15) is 23.0 Å². The lowest BCUT2D eigenvalue weighted by Crippen LogP contribution is -2.53. The van der Waals surface area contributed by atoms with E-state index in [1.54, 1.807) is 44.6 Å². The fraction of sp³-hybridized carbons (Fsp3) is 0.259. The minimum atomic E-state index is -0.268. The number of halogens is 1. The Labute approximate surface area is 204 Å². The zero-order valence-electron chi connectivity index (χ0n) is 19.9. The van der Waals surface area contributed by atoms with E-state index in [0.717, 1.165) is 0 Å². The number of ether oxygens (including phenoxy) is 2. The minimum absolute atomic E-state index is 0.194. The molecular weight excluding hydrogens is 447 g/mol. The molecule has 0 atom stereocenters. The van der Waals surface area contributed by atoms with E-state index in [-0.39, 0.29) is 11.7 Å². The average Bonchev–Trinajstić information content (AvgIpc) is 2.90. The summed E-state index contributed by atoms with van der Waals surface area (Å²) >= 11 is 0. The first-order chi connectivity index (χ1) is 17.1. The Kier molecular flexibility index (Phi) is 7.95. The van der Waals surface area contributed by atoms with Gasteiger partial charge in [-0.1, -0.05) is 30.3 Å². The third-order valence-electron chi connectivity index (χ3n) is 5.91. The molecule has 1 saturated heterocycles. The number of nitrogens with one attached hydrogen (secondary N) is 1. The molecule has 1 aliphatic rings. The number of hydrogen-bond donors (Lipinski definition) is 1. The van der Waals surface area contributed by atoms with Gasteiger partial charge in [-0.15, -0.1) is 0 Å². The van der Waals surface area contributed by atoms with Gasteiger partial charge < -0.3 is 14.4 Å². The highest BCUT2D eigenvalue weighted by Crippen LogP contribution is 2.27. The normalized spacial score (nSPS) is 14.5. The Bertz CT molecular complexity index is 1180. The van der Waals surface area contributed by atoms with Gasteiger partial charge in [0.2, 0.25) is 5.96 Å². The highest BCUT2D eigenvalue weighted by molar-refractivity contribution is 6.06. The van der Waals surface area contributed by atoms with E-state index in [0.29, 0.717) is 67.0 Å². The predicted octanol–water partition coefficient (Wildman–Crippen LogP) is 4.08. The molecule has 1 fully saturated rings. The van der Waals surface area contributed by atoms with Crippen LogP contribution in [0.1, 0.15) is 15.9 Å². The zero-order chi connectivity index (χ0) is 24.6. The van der Waals surface area contributed by atoms with E-state index in [9.17, 15) is 9.18 Å². The SMILES string of the molecule is COc1ccc(C(=O)NC(=Nc2ccccc2OC)N2CCN(Cc3ccccc3F)CC2)cc1. The number of guanidine groups is 1. The summed E-state index contributed by atoms with van der Waals surface area (Å²) < 4.78 is 24.7. The van der Waals surface area contributed by atoms with Gasteiger partial charge in [-0.05, 0) is 42.5 Å². The molecule has 0 unspecified atom stereocenters. The van der Waals surface area contributed by atoms with Gasteiger partial charge >= 0.3 is 0 Å². The molecule has 182 valence electrons. The Hall–Kier alpha value is -3.91. The van der Waals surface area contributed by atoms with Crippen molar-refractivity contribution in [2.45, 2.75) is 6.54 Å². The second kappa shape index (κ2) is 11.5. The molecule has 1 amide bonds. The summed E-state index contributed by atoms with van der Waals surface area (Å²) in [6, 6.07) is 21.2. The Morgan fingerprint density at radius 1 is 0.914 bits per heavy atom. The van der Waals surface area contributed by atoms with Crippen molar-refractivity contribution in [3.8, 4) is 11.5 Å². The number of hydrogen-bond acceptors (Lipinski definition) is 5. The molecule has 0 spiro atoms. The van der Waals surface area contributed by atoms with E-state index in [4.69, 9.17) is 14.5 Å². The van der Waals surface area contributed by atoms with Crippen molar-refractivity contribution in [2.24, 2.45) is 4.99 Å². The summed E-state index contributed by atoms with van der Waals surface area (Å²) in [4.78, 5) is 22.0. The molecule has 0 saturated carbocycles. The van der Waals surface area contributed by atoms with Crippen molar-refractivity contribution in [3.05, 3.63) is 89.7 Å². The van der Waals surface area contributed by atoms with E-state index in [1.165, 1.54) is 6.07 Å². The number of nitrogens with zero attached hydrogens (tertiary/aromatic N) is 3. The van der Waals surface area contributed by atoms with Crippen LogP contribution in [0.5, 0.6) is 11.5 Å². The van der Waals surface area contributed by atoms with E-state index in [2.05, 4.69) is 10.2 Å². The van der Waals surface area contributed by atoms with Crippen molar-refractivity contribution < 1.29 is 18.7 Å². The monoisotopic (exact) mass is 476 g/mol. The molecule has 3 aromatic carbocycles. The molecule has 4 rings (SSSR count). The van der Waals surface area contributed by atoms with Crippen molar-refractivity contribution in [1.82, 2.24) is 15.1 Å². The predicted molar refractivity (Wildman–Crippen MR) is 134 cm³/mol. The van der Waals surface area contributed by atoms with Gasteiger partial charge in [0.25, 0.3) is 5.91 Å². The van der Waals surface area contributed by atoms with E-state index >= 15 is 0 Å². The summed E-state index contributed by atoms with van der Waals surface area (Å²) in [5.74, 6) is 1.27. The standard InChI is InChI=1S/C27H29FN4O3/c1-34-22-13-11-20(12-14-22)26(33)30-27(29-24-9-5-6-10-25(24)35-2)32-17-15-31(16-18-32)19-21-7-3-4-8-23(21)28/h3-14H,15-19H2,1-2H3,(H,29,30,33). The largest absolute Gasteiger partial charge is 0.497 e. The number of carbonyl (C=O) groups excluding carboxylic acids is 1. The highest BCUT2D eigenvalue weighted by atomic mass is 19.1. The molecular formula is C27H29FN4O3. The molecule has 1 heterocycles. The first-order valence-electron chi connectivity index (χ1n) is 11.4. The Morgan fingerprint density at radius 3 is 2.29 bits per heavy atom. The molecule has 0 radical (unpaired) electrons. The summed E-state index contributed by atoms with van der Waals surface area (Å²) in [7, 11) is 3.17.